The molecule has 0 spiro atoms. The molecule has 116 valence electrons. The molecule has 0 bridgehead atoms. The summed E-state index contributed by atoms with van der Waals surface area (Å²) >= 11 is 0. The van der Waals surface area contributed by atoms with Crippen LogP contribution in [0.3, 0.4) is 0 Å². The number of nitrogens with one attached hydrogen (secondary N) is 1. The minimum atomic E-state index is -3.51. The molecule has 2 aromatic rings. The lowest BCUT2D eigenvalue weighted by Gasteiger charge is -2.31. The molecule has 0 radical (unpaired) electrons. The quantitative estimate of drug-likeness (QED) is 0.942. The highest BCUT2D eigenvalue weighted by molar-refractivity contribution is 7.92. The third-order valence-electron chi connectivity index (χ3n) is 3.85. The van der Waals surface area contributed by atoms with Gasteiger partial charge < -0.3 is 5.32 Å². The first-order valence-corrected chi connectivity index (χ1v) is 9.01. The molecule has 1 heterocycles. The van der Waals surface area contributed by atoms with Crippen molar-refractivity contribution >= 4 is 21.4 Å². The van der Waals surface area contributed by atoms with E-state index in [1.54, 1.807) is 12.1 Å². The Kier molecular flexibility index (Phi) is 4.07. The number of benzene rings is 2. The van der Waals surface area contributed by atoms with Gasteiger partial charge in [-0.1, -0.05) is 37.6 Å². The highest BCUT2D eigenvalue weighted by atomic mass is 32.2. The Labute approximate surface area is 131 Å². The maximum atomic E-state index is 12.9. The van der Waals surface area contributed by atoms with Gasteiger partial charge in [-0.15, -0.1) is 0 Å². The van der Waals surface area contributed by atoms with Gasteiger partial charge in [-0.3, -0.25) is 4.31 Å². The lowest BCUT2D eigenvalue weighted by Crippen LogP contribution is -2.38. The topological polar surface area (TPSA) is 49.4 Å². The highest BCUT2D eigenvalue weighted by Gasteiger charge is 2.28. The van der Waals surface area contributed by atoms with E-state index in [-0.39, 0.29) is 0 Å². The fourth-order valence-electron chi connectivity index (χ4n) is 2.75. The van der Waals surface area contributed by atoms with E-state index < -0.39 is 10.0 Å². The average Bonchev–Trinajstić information content (AvgIpc) is 2.55. The summed E-state index contributed by atoms with van der Waals surface area (Å²) in [5.41, 5.74) is 2.74. The monoisotopic (exact) mass is 316 g/mol. The summed E-state index contributed by atoms with van der Waals surface area (Å²) in [6.45, 7) is 3.17. The second-order valence-electron chi connectivity index (χ2n) is 5.42. The molecule has 0 unspecified atom stereocenters. The molecule has 4 nitrogen and oxygen atoms in total. The summed E-state index contributed by atoms with van der Waals surface area (Å²) in [6, 6.07) is 14.7. The van der Waals surface area contributed by atoms with Crippen LogP contribution in [0.1, 0.15) is 18.9 Å². The van der Waals surface area contributed by atoms with E-state index in [1.165, 1.54) is 9.87 Å². The van der Waals surface area contributed by atoms with Crippen LogP contribution in [-0.2, 0) is 16.4 Å². The Morgan fingerprint density at radius 2 is 1.82 bits per heavy atom. The zero-order chi connectivity index (χ0) is 15.6. The van der Waals surface area contributed by atoms with Gasteiger partial charge in [0.2, 0.25) is 0 Å². The summed E-state index contributed by atoms with van der Waals surface area (Å²) in [7, 11) is -3.51. The lowest BCUT2D eigenvalue weighted by molar-refractivity contribution is 0.590. The van der Waals surface area contributed by atoms with Crippen molar-refractivity contribution in [1.29, 1.82) is 0 Å². The Bertz CT molecular complexity index is 754. The second-order valence-corrected chi connectivity index (χ2v) is 7.28. The lowest BCUT2D eigenvalue weighted by atomic mass is 10.1. The summed E-state index contributed by atoms with van der Waals surface area (Å²) in [5.74, 6) is 0. The molecule has 0 aromatic heterocycles. The number of nitrogens with zero attached hydrogens (tertiary/aromatic N) is 1. The van der Waals surface area contributed by atoms with E-state index in [9.17, 15) is 8.42 Å². The molecule has 3 rings (SSSR count). The van der Waals surface area contributed by atoms with E-state index in [0.717, 1.165) is 18.5 Å². The number of anilines is 2. The third kappa shape index (κ3) is 2.68. The van der Waals surface area contributed by atoms with Crippen molar-refractivity contribution in [2.24, 2.45) is 0 Å². The SMILES string of the molecule is CCCc1ccc(S(=O)(=O)N2CCNc3ccccc32)cc1. The minimum absolute atomic E-state index is 0.351. The van der Waals surface area contributed by atoms with Gasteiger partial charge in [-0.25, -0.2) is 8.42 Å². The zero-order valence-electron chi connectivity index (χ0n) is 12.6. The first kappa shape index (κ1) is 14.9. The van der Waals surface area contributed by atoms with Crippen LogP contribution in [0.5, 0.6) is 0 Å². The molecule has 1 N–H and O–H groups in total. The molecular weight excluding hydrogens is 296 g/mol. The normalized spacial score (nSPS) is 14.3. The van der Waals surface area contributed by atoms with Gasteiger partial charge in [0.15, 0.2) is 0 Å². The van der Waals surface area contributed by atoms with Crippen LogP contribution >= 0.6 is 0 Å². The molecule has 0 aliphatic carbocycles. The molecule has 1 aliphatic heterocycles. The molecule has 1 aliphatic rings. The highest BCUT2D eigenvalue weighted by Crippen LogP contribution is 2.32. The van der Waals surface area contributed by atoms with Gasteiger partial charge in [0.1, 0.15) is 0 Å². The van der Waals surface area contributed by atoms with E-state index in [4.69, 9.17) is 0 Å². The number of rotatable bonds is 4. The van der Waals surface area contributed by atoms with Gasteiger partial charge in [-0.05, 0) is 36.2 Å². The summed E-state index contributed by atoms with van der Waals surface area (Å²) in [4.78, 5) is 0.351. The number of hydrogen-bond acceptors (Lipinski definition) is 3. The van der Waals surface area contributed by atoms with Crippen LogP contribution in [0.15, 0.2) is 53.4 Å². The first-order valence-electron chi connectivity index (χ1n) is 7.57. The maximum absolute atomic E-state index is 12.9. The predicted molar refractivity (Wildman–Crippen MR) is 89.9 cm³/mol. The number of fused-ring (bicyclic) bond motifs is 1. The van der Waals surface area contributed by atoms with Crippen LogP contribution in [0.25, 0.3) is 0 Å². The van der Waals surface area contributed by atoms with Crippen LogP contribution in [-0.4, -0.2) is 21.5 Å². The standard InChI is InChI=1S/C17H20N2O2S/c1-2-5-14-8-10-15(11-9-14)22(20,21)19-13-12-18-16-6-3-4-7-17(16)19/h3-4,6-11,18H,2,5,12-13H2,1H3. The van der Waals surface area contributed by atoms with Crippen molar-refractivity contribution in [3.63, 3.8) is 0 Å². The second kappa shape index (κ2) is 6.01. The predicted octanol–water partition coefficient (Wildman–Crippen LogP) is 3.26. The number of aryl methyl sites for hydroxylation is 1. The van der Waals surface area contributed by atoms with E-state index >= 15 is 0 Å². The molecular formula is C17H20N2O2S. The van der Waals surface area contributed by atoms with Crippen LogP contribution < -0.4 is 9.62 Å². The largest absolute Gasteiger partial charge is 0.382 e. The van der Waals surface area contributed by atoms with Crippen LogP contribution in [0, 0.1) is 0 Å². The molecule has 5 heteroatoms. The van der Waals surface area contributed by atoms with E-state index in [0.29, 0.717) is 23.7 Å². The Morgan fingerprint density at radius 3 is 2.55 bits per heavy atom. The van der Waals surface area contributed by atoms with Crippen LogP contribution in [0.4, 0.5) is 11.4 Å². The molecule has 0 saturated carbocycles. The van der Waals surface area contributed by atoms with Crippen molar-refractivity contribution in [1.82, 2.24) is 0 Å². The maximum Gasteiger partial charge on any atom is 0.264 e. The molecule has 2 aromatic carbocycles. The minimum Gasteiger partial charge on any atom is -0.382 e. The van der Waals surface area contributed by atoms with Crippen molar-refractivity contribution in [3.05, 3.63) is 54.1 Å². The van der Waals surface area contributed by atoms with Crippen molar-refractivity contribution in [2.75, 3.05) is 22.7 Å². The average molecular weight is 316 g/mol. The molecule has 0 amide bonds. The van der Waals surface area contributed by atoms with Gasteiger partial charge in [-0.2, -0.15) is 0 Å². The van der Waals surface area contributed by atoms with E-state index in [1.807, 2.05) is 36.4 Å². The summed E-state index contributed by atoms with van der Waals surface area (Å²) < 4.78 is 27.3. The fourth-order valence-corrected chi connectivity index (χ4v) is 4.23. The zero-order valence-corrected chi connectivity index (χ0v) is 13.4. The Balaban J connectivity index is 1.97. The molecule has 22 heavy (non-hydrogen) atoms. The Hall–Kier alpha value is -2.01. The number of para-hydroxylation sites is 2. The van der Waals surface area contributed by atoms with Gasteiger partial charge in [0, 0.05) is 6.54 Å². The first-order chi connectivity index (χ1) is 10.6. The van der Waals surface area contributed by atoms with Crippen molar-refractivity contribution in [2.45, 2.75) is 24.7 Å². The molecule has 0 fully saturated rings. The smallest absolute Gasteiger partial charge is 0.264 e. The number of hydrogen-bond donors (Lipinski definition) is 1. The van der Waals surface area contributed by atoms with Gasteiger partial charge in [0.25, 0.3) is 10.0 Å². The van der Waals surface area contributed by atoms with Crippen molar-refractivity contribution < 1.29 is 8.42 Å². The van der Waals surface area contributed by atoms with Crippen LogP contribution in [0.2, 0.25) is 0 Å². The molecule has 0 atom stereocenters. The van der Waals surface area contributed by atoms with Gasteiger partial charge in [0.05, 0.1) is 22.8 Å². The molecule has 0 saturated heterocycles. The summed E-state index contributed by atoms with van der Waals surface area (Å²) in [6.07, 6.45) is 2.02. The third-order valence-corrected chi connectivity index (χ3v) is 5.68. The number of sulfonamides is 1. The van der Waals surface area contributed by atoms with E-state index in [2.05, 4.69) is 12.2 Å². The van der Waals surface area contributed by atoms with Crippen molar-refractivity contribution in [3.8, 4) is 0 Å². The Morgan fingerprint density at radius 1 is 1.09 bits per heavy atom. The summed E-state index contributed by atoms with van der Waals surface area (Å²) in [5, 5.41) is 3.24. The van der Waals surface area contributed by atoms with Gasteiger partial charge >= 0.3 is 0 Å². The fraction of sp³-hybridized carbons (Fsp3) is 0.294.